The van der Waals surface area contributed by atoms with E-state index in [1.54, 1.807) is 0 Å². The molecule has 0 saturated carbocycles. The summed E-state index contributed by atoms with van der Waals surface area (Å²) in [5.74, 6) is 1.50. The van der Waals surface area contributed by atoms with E-state index in [4.69, 9.17) is 4.74 Å². The Balaban J connectivity index is 0.00000171. The summed E-state index contributed by atoms with van der Waals surface area (Å²) in [4.78, 5) is 19.4. The van der Waals surface area contributed by atoms with Crippen LogP contribution in [0.2, 0.25) is 0 Å². The van der Waals surface area contributed by atoms with E-state index in [-0.39, 0.29) is 30.7 Å². The lowest BCUT2D eigenvalue weighted by Crippen LogP contribution is -2.38. The Morgan fingerprint density at radius 3 is 2.71 bits per heavy atom. The Morgan fingerprint density at radius 2 is 1.97 bits per heavy atom. The molecule has 0 aliphatic carbocycles. The predicted octanol–water partition coefficient (Wildman–Crippen LogP) is 4.22. The van der Waals surface area contributed by atoms with Crippen molar-refractivity contribution in [1.82, 2.24) is 19.6 Å². The van der Waals surface area contributed by atoms with Gasteiger partial charge in [-0.3, -0.25) is 4.79 Å². The third-order valence-electron chi connectivity index (χ3n) is 5.59. The van der Waals surface area contributed by atoms with E-state index >= 15 is 0 Å². The molecule has 0 atom stereocenters. The number of imidazole rings is 1. The number of likely N-dealkylation sites (tertiary alicyclic amines) is 1. The highest BCUT2D eigenvalue weighted by Crippen LogP contribution is 2.23. The normalized spacial score (nSPS) is 14.0. The number of benzene rings is 1. The fourth-order valence-electron chi connectivity index (χ4n) is 3.89. The standard InChI is InChI=1S/C23H28N4O2.2ClH/c1-24-11-8-18-9-13-26(14-10-18)23(28)19-5-4-6-21(15-19)29-17-20-16-27-12-3-2-7-22(27)25-20;;/h2-7,12,15-16,18,24H,8-11,13-14,17H2,1H3;2*1H. The minimum Gasteiger partial charge on any atom is -0.487 e. The van der Waals surface area contributed by atoms with Gasteiger partial charge in [-0.1, -0.05) is 12.1 Å². The molecule has 3 heterocycles. The van der Waals surface area contributed by atoms with E-state index in [1.165, 1.54) is 6.42 Å². The van der Waals surface area contributed by atoms with Gasteiger partial charge in [0, 0.05) is 31.0 Å². The van der Waals surface area contributed by atoms with Gasteiger partial charge < -0.3 is 19.4 Å². The SMILES string of the molecule is CNCCC1CCN(C(=O)c2cccc(OCc3cn4ccccc4n3)c2)CC1.Cl.Cl. The van der Waals surface area contributed by atoms with E-state index in [0.717, 1.165) is 43.8 Å². The molecular formula is C23H30Cl2N4O2. The van der Waals surface area contributed by atoms with Gasteiger partial charge in [0.15, 0.2) is 0 Å². The molecule has 8 heteroatoms. The van der Waals surface area contributed by atoms with Gasteiger partial charge in [-0.2, -0.15) is 0 Å². The molecular weight excluding hydrogens is 435 g/mol. The molecule has 1 aliphatic heterocycles. The minimum absolute atomic E-state index is 0. The molecule has 0 unspecified atom stereocenters. The van der Waals surface area contributed by atoms with Crippen LogP contribution in [0.25, 0.3) is 5.65 Å². The second-order valence-electron chi connectivity index (χ2n) is 7.64. The molecule has 1 aromatic carbocycles. The number of hydrogen-bond donors (Lipinski definition) is 1. The lowest BCUT2D eigenvalue weighted by molar-refractivity contribution is 0.0686. The Kier molecular flexibility index (Phi) is 9.62. The maximum absolute atomic E-state index is 12.9. The third kappa shape index (κ3) is 6.35. The van der Waals surface area contributed by atoms with Crippen LogP contribution in [-0.4, -0.2) is 46.9 Å². The van der Waals surface area contributed by atoms with Crippen LogP contribution in [0.4, 0.5) is 0 Å². The van der Waals surface area contributed by atoms with E-state index < -0.39 is 0 Å². The topological polar surface area (TPSA) is 58.9 Å². The van der Waals surface area contributed by atoms with Crippen molar-refractivity contribution in [2.75, 3.05) is 26.7 Å². The second kappa shape index (κ2) is 11.9. The number of halogens is 2. The number of nitrogens with zero attached hydrogens (tertiary/aromatic N) is 3. The number of ether oxygens (including phenoxy) is 1. The molecule has 1 aliphatic rings. The maximum Gasteiger partial charge on any atom is 0.253 e. The van der Waals surface area contributed by atoms with Crippen molar-refractivity contribution in [1.29, 1.82) is 0 Å². The van der Waals surface area contributed by atoms with Gasteiger partial charge >= 0.3 is 0 Å². The van der Waals surface area contributed by atoms with Crippen LogP contribution in [0, 0.1) is 5.92 Å². The Labute approximate surface area is 195 Å². The molecule has 6 nitrogen and oxygen atoms in total. The van der Waals surface area contributed by atoms with Gasteiger partial charge in [0.25, 0.3) is 5.91 Å². The smallest absolute Gasteiger partial charge is 0.253 e. The molecule has 1 N–H and O–H groups in total. The molecule has 0 spiro atoms. The zero-order valence-electron chi connectivity index (χ0n) is 17.7. The molecule has 0 bridgehead atoms. The first-order valence-electron chi connectivity index (χ1n) is 10.3. The number of hydrogen-bond acceptors (Lipinski definition) is 4. The number of aromatic nitrogens is 2. The highest BCUT2D eigenvalue weighted by molar-refractivity contribution is 5.94. The van der Waals surface area contributed by atoms with Crippen LogP contribution < -0.4 is 10.1 Å². The highest BCUT2D eigenvalue weighted by Gasteiger charge is 2.23. The minimum atomic E-state index is 0. The van der Waals surface area contributed by atoms with Gasteiger partial charge in [0.1, 0.15) is 18.0 Å². The summed E-state index contributed by atoms with van der Waals surface area (Å²) >= 11 is 0. The molecule has 0 radical (unpaired) electrons. The predicted molar refractivity (Wildman–Crippen MR) is 128 cm³/mol. The first-order valence-corrected chi connectivity index (χ1v) is 10.3. The Hall–Kier alpha value is -2.28. The second-order valence-corrected chi connectivity index (χ2v) is 7.64. The fraction of sp³-hybridized carbons (Fsp3) is 0.391. The summed E-state index contributed by atoms with van der Waals surface area (Å²) in [5, 5.41) is 3.21. The lowest BCUT2D eigenvalue weighted by Gasteiger charge is -2.32. The van der Waals surface area contributed by atoms with Gasteiger partial charge in [-0.05, 0) is 69.1 Å². The van der Waals surface area contributed by atoms with Gasteiger partial charge in [0.2, 0.25) is 0 Å². The Morgan fingerprint density at radius 1 is 1.16 bits per heavy atom. The molecule has 2 aromatic heterocycles. The number of amides is 1. The summed E-state index contributed by atoms with van der Waals surface area (Å²) in [6, 6.07) is 13.4. The zero-order chi connectivity index (χ0) is 20.1. The third-order valence-corrected chi connectivity index (χ3v) is 5.59. The van der Waals surface area contributed by atoms with Crippen molar-refractivity contribution in [3.05, 3.63) is 66.1 Å². The first-order chi connectivity index (χ1) is 14.2. The number of piperidine rings is 1. The van der Waals surface area contributed by atoms with E-state index in [1.807, 2.05) is 71.2 Å². The van der Waals surface area contributed by atoms with Crippen molar-refractivity contribution in [2.24, 2.45) is 5.92 Å². The van der Waals surface area contributed by atoms with Crippen LogP contribution in [0.3, 0.4) is 0 Å². The Bertz CT molecular complexity index is 938. The monoisotopic (exact) mass is 464 g/mol. The van der Waals surface area contributed by atoms with Crippen molar-refractivity contribution < 1.29 is 9.53 Å². The van der Waals surface area contributed by atoms with Crippen LogP contribution in [0.1, 0.15) is 35.3 Å². The highest BCUT2D eigenvalue weighted by atomic mass is 35.5. The van der Waals surface area contributed by atoms with Crippen molar-refractivity contribution in [3.8, 4) is 5.75 Å². The molecule has 3 aromatic rings. The largest absolute Gasteiger partial charge is 0.487 e. The zero-order valence-corrected chi connectivity index (χ0v) is 19.3. The molecule has 1 saturated heterocycles. The average molecular weight is 465 g/mol. The summed E-state index contributed by atoms with van der Waals surface area (Å²) in [5.41, 5.74) is 2.44. The molecule has 168 valence electrons. The van der Waals surface area contributed by atoms with E-state index in [0.29, 0.717) is 23.8 Å². The summed E-state index contributed by atoms with van der Waals surface area (Å²) in [6.45, 7) is 3.08. The van der Waals surface area contributed by atoms with Gasteiger partial charge in [0.05, 0.1) is 5.69 Å². The molecule has 31 heavy (non-hydrogen) atoms. The quantitative estimate of drug-likeness (QED) is 0.568. The first kappa shape index (κ1) is 25.0. The number of pyridine rings is 1. The van der Waals surface area contributed by atoms with Crippen molar-refractivity contribution in [2.45, 2.75) is 25.9 Å². The number of carbonyl (C=O) groups excluding carboxylic acids is 1. The summed E-state index contributed by atoms with van der Waals surface area (Å²) in [6.07, 6.45) is 7.27. The van der Waals surface area contributed by atoms with Crippen molar-refractivity contribution >= 4 is 36.4 Å². The summed E-state index contributed by atoms with van der Waals surface area (Å²) < 4.78 is 7.88. The van der Waals surface area contributed by atoms with Crippen LogP contribution in [0.15, 0.2) is 54.9 Å². The fourth-order valence-corrected chi connectivity index (χ4v) is 3.89. The van der Waals surface area contributed by atoms with E-state index in [2.05, 4.69) is 10.3 Å². The number of nitrogens with one attached hydrogen (secondary N) is 1. The molecule has 4 rings (SSSR count). The molecule has 1 amide bonds. The number of rotatable bonds is 7. The van der Waals surface area contributed by atoms with Crippen LogP contribution in [-0.2, 0) is 6.61 Å². The van der Waals surface area contributed by atoms with Gasteiger partial charge in [-0.15, -0.1) is 24.8 Å². The average Bonchev–Trinajstić information content (AvgIpc) is 3.19. The lowest BCUT2D eigenvalue weighted by atomic mass is 9.93. The van der Waals surface area contributed by atoms with E-state index in [9.17, 15) is 4.79 Å². The maximum atomic E-state index is 12.9. The van der Waals surface area contributed by atoms with Gasteiger partial charge in [-0.25, -0.2) is 4.98 Å². The molecule has 1 fully saturated rings. The van der Waals surface area contributed by atoms with Crippen LogP contribution >= 0.6 is 24.8 Å². The van der Waals surface area contributed by atoms with Crippen LogP contribution in [0.5, 0.6) is 5.75 Å². The number of fused-ring (bicyclic) bond motifs is 1. The number of carbonyl (C=O) groups is 1. The van der Waals surface area contributed by atoms with Crippen molar-refractivity contribution in [3.63, 3.8) is 0 Å². The summed E-state index contributed by atoms with van der Waals surface area (Å²) in [7, 11) is 1.99.